The minimum absolute atomic E-state index is 0.435. The molecule has 0 aliphatic carbocycles. The van der Waals surface area contributed by atoms with Gasteiger partial charge in [0.25, 0.3) is 0 Å². The summed E-state index contributed by atoms with van der Waals surface area (Å²) in [7, 11) is 2.20. The second-order valence-electron chi connectivity index (χ2n) is 5.07. The van der Waals surface area contributed by atoms with Crippen LogP contribution in [0.2, 0.25) is 0 Å². The van der Waals surface area contributed by atoms with Gasteiger partial charge in [0, 0.05) is 12.6 Å². The van der Waals surface area contributed by atoms with Crippen molar-refractivity contribution in [2.45, 2.75) is 25.3 Å². The van der Waals surface area contributed by atoms with Crippen molar-refractivity contribution in [3.8, 4) is 0 Å². The van der Waals surface area contributed by atoms with Crippen LogP contribution in [-0.2, 0) is 0 Å². The summed E-state index contributed by atoms with van der Waals surface area (Å²) >= 11 is 0. The van der Waals surface area contributed by atoms with Crippen molar-refractivity contribution in [1.82, 2.24) is 10.2 Å². The first kappa shape index (κ1) is 10.4. The highest BCUT2D eigenvalue weighted by atomic mass is 15.1. The van der Waals surface area contributed by atoms with Gasteiger partial charge >= 0.3 is 0 Å². The standard InChI is InChI=1S/C11H23N3/c1-14-5-3-10(8-14)11(12)6-9-2-4-13-7-9/h9-11,13H,2-8,12H2,1H3. The van der Waals surface area contributed by atoms with Gasteiger partial charge in [-0.2, -0.15) is 0 Å². The Hall–Kier alpha value is -0.120. The first-order valence-corrected chi connectivity index (χ1v) is 5.90. The number of likely N-dealkylation sites (tertiary alicyclic amines) is 1. The quantitative estimate of drug-likeness (QED) is 0.682. The van der Waals surface area contributed by atoms with Crippen LogP contribution < -0.4 is 11.1 Å². The molecule has 0 saturated carbocycles. The molecule has 2 heterocycles. The molecule has 2 fully saturated rings. The second-order valence-corrected chi connectivity index (χ2v) is 5.07. The van der Waals surface area contributed by atoms with Gasteiger partial charge in [0.15, 0.2) is 0 Å². The molecule has 0 spiro atoms. The van der Waals surface area contributed by atoms with Gasteiger partial charge in [-0.3, -0.25) is 0 Å². The van der Waals surface area contributed by atoms with Crippen LogP contribution in [0.1, 0.15) is 19.3 Å². The van der Waals surface area contributed by atoms with Gasteiger partial charge in [-0.1, -0.05) is 0 Å². The monoisotopic (exact) mass is 197 g/mol. The van der Waals surface area contributed by atoms with E-state index in [-0.39, 0.29) is 0 Å². The molecule has 0 aromatic carbocycles. The number of hydrogen-bond acceptors (Lipinski definition) is 3. The lowest BCUT2D eigenvalue weighted by molar-refractivity contribution is 0.334. The second kappa shape index (κ2) is 4.60. The van der Waals surface area contributed by atoms with E-state index in [4.69, 9.17) is 5.73 Å². The Morgan fingerprint density at radius 2 is 2.36 bits per heavy atom. The van der Waals surface area contributed by atoms with E-state index < -0.39 is 0 Å². The van der Waals surface area contributed by atoms with Gasteiger partial charge in [-0.05, 0) is 57.8 Å². The molecular formula is C11H23N3. The van der Waals surface area contributed by atoms with E-state index in [1.54, 1.807) is 0 Å². The van der Waals surface area contributed by atoms with E-state index in [1.165, 1.54) is 45.4 Å². The smallest absolute Gasteiger partial charge is 0.00829 e. The van der Waals surface area contributed by atoms with E-state index >= 15 is 0 Å². The Bertz CT molecular complexity index is 177. The zero-order valence-corrected chi connectivity index (χ0v) is 9.21. The number of hydrogen-bond donors (Lipinski definition) is 2. The van der Waals surface area contributed by atoms with E-state index in [1.807, 2.05) is 0 Å². The van der Waals surface area contributed by atoms with E-state index in [0.717, 1.165) is 11.8 Å². The van der Waals surface area contributed by atoms with Crippen LogP contribution in [0, 0.1) is 11.8 Å². The van der Waals surface area contributed by atoms with Crippen molar-refractivity contribution in [2.24, 2.45) is 17.6 Å². The topological polar surface area (TPSA) is 41.3 Å². The van der Waals surface area contributed by atoms with Gasteiger partial charge in [0.05, 0.1) is 0 Å². The van der Waals surface area contributed by atoms with Crippen LogP contribution >= 0.6 is 0 Å². The zero-order chi connectivity index (χ0) is 9.97. The van der Waals surface area contributed by atoms with Crippen LogP contribution in [0.3, 0.4) is 0 Å². The predicted molar refractivity (Wildman–Crippen MR) is 59.2 cm³/mol. The number of nitrogens with zero attached hydrogens (tertiary/aromatic N) is 1. The number of nitrogens with two attached hydrogens (primary N) is 1. The van der Waals surface area contributed by atoms with Crippen LogP contribution in [-0.4, -0.2) is 44.2 Å². The summed E-state index contributed by atoms with van der Waals surface area (Å²) in [6.07, 6.45) is 3.86. The van der Waals surface area contributed by atoms with E-state index in [0.29, 0.717) is 6.04 Å². The molecule has 3 N–H and O–H groups in total. The molecule has 0 bridgehead atoms. The summed E-state index contributed by atoms with van der Waals surface area (Å²) < 4.78 is 0. The Kier molecular flexibility index (Phi) is 3.42. The van der Waals surface area contributed by atoms with Crippen molar-refractivity contribution >= 4 is 0 Å². The summed E-state index contributed by atoms with van der Waals surface area (Å²) in [4.78, 5) is 2.40. The molecule has 3 atom stereocenters. The molecule has 0 aromatic rings. The Labute approximate surface area is 87.0 Å². The summed E-state index contributed by atoms with van der Waals surface area (Å²) in [6, 6.07) is 0.435. The third kappa shape index (κ3) is 2.47. The van der Waals surface area contributed by atoms with Crippen molar-refractivity contribution in [1.29, 1.82) is 0 Å². The highest BCUT2D eigenvalue weighted by Crippen LogP contribution is 2.23. The molecular weight excluding hydrogens is 174 g/mol. The fourth-order valence-electron chi connectivity index (χ4n) is 2.81. The van der Waals surface area contributed by atoms with Crippen LogP contribution in [0.5, 0.6) is 0 Å². The lowest BCUT2D eigenvalue weighted by Crippen LogP contribution is -2.34. The lowest BCUT2D eigenvalue weighted by atomic mass is 9.90. The Morgan fingerprint density at radius 1 is 1.50 bits per heavy atom. The van der Waals surface area contributed by atoms with Crippen molar-refractivity contribution in [3.63, 3.8) is 0 Å². The van der Waals surface area contributed by atoms with Crippen LogP contribution in [0.15, 0.2) is 0 Å². The van der Waals surface area contributed by atoms with Gasteiger partial charge in [0.2, 0.25) is 0 Å². The fourth-order valence-corrected chi connectivity index (χ4v) is 2.81. The molecule has 2 saturated heterocycles. The van der Waals surface area contributed by atoms with Crippen molar-refractivity contribution in [2.75, 3.05) is 33.2 Å². The van der Waals surface area contributed by atoms with Gasteiger partial charge in [0.1, 0.15) is 0 Å². The maximum absolute atomic E-state index is 6.27. The molecule has 3 nitrogen and oxygen atoms in total. The highest BCUT2D eigenvalue weighted by Gasteiger charge is 2.27. The first-order chi connectivity index (χ1) is 6.75. The first-order valence-electron chi connectivity index (χ1n) is 5.90. The maximum atomic E-state index is 6.27. The SMILES string of the molecule is CN1CCC(C(N)CC2CCNC2)C1. The van der Waals surface area contributed by atoms with Gasteiger partial charge < -0.3 is 16.0 Å². The zero-order valence-electron chi connectivity index (χ0n) is 9.21. The van der Waals surface area contributed by atoms with E-state index in [2.05, 4.69) is 17.3 Å². The highest BCUT2D eigenvalue weighted by molar-refractivity contribution is 4.85. The van der Waals surface area contributed by atoms with Crippen LogP contribution in [0.4, 0.5) is 0 Å². The van der Waals surface area contributed by atoms with Gasteiger partial charge in [-0.15, -0.1) is 0 Å². The average Bonchev–Trinajstić information content (AvgIpc) is 2.75. The van der Waals surface area contributed by atoms with Crippen molar-refractivity contribution < 1.29 is 0 Å². The predicted octanol–water partition coefficient (Wildman–Crippen LogP) is 0.265. The van der Waals surface area contributed by atoms with Gasteiger partial charge in [-0.25, -0.2) is 0 Å². The molecule has 2 aliphatic rings. The molecule has 0 radical (unpaired) electrons. The largest absolute Gasteiger partial charge is 0.327 e. The maximum Gasteiger partial charge on any atom is 0.00829 e. The number of rotatable bonds is 3. The van der Waals surface area contributed by atoms with Crippen LogP contribution in [0.25, 0.3) is 0 Å². The molecule has 3 heteroatoms. The van der Waals surface area contributed by atoms with Crippen molar-refractivity contribution in [3.05, 3.63) is 0 Å². The molecule has 2 rings (SSSR count). The summed E-state index contributed by atoms with van der Waals surface area (Å²) in [5.41, 5.74) is 6.27. The lowest BCUT2D eigenvalue weighted by Gasteiger charge is -2.21. The minimum Gasteiger partial charge on any atom is -0.327 e. The Balaban J connectivity index is 1.74. The molecule has 82 valence electrons. The summed E-state index contributed by atoms with van der Waals surface area (Å²) in [6.45, 7) is 4.83. The Morgan fingerprint density at radius 3 is 2.93 bits per heavy atom. The average molecular weight is 197 g/mol. The molecule has 14 heavy (non-hydrogen) atoms. The molecule has 2 aliphatic heterocycles. The summed E-state index contributed by atoms with van der Waals surface area (Å²) in [5.74, 6) is 1.59. The summed E-state index contributed by atoms with van der Waals surface area (Å²) in [5, 5.41) is 3.41. The number of nitrogens with one attached hydrogen (secondary N) is 1. The third-order valence-electron chi connectivity index (χ3n) is 3.80. The third-order valence-corrected chi connectivity index (χ3v) is 3.80. The molecule has 0 amide bonds. The van der Waals surface area contributed by atoms with E-state index in [9.17, 15) is 0 Å². The fraction of sp³-hybridized carbons (Fsp3) is 1.00. The normalized spacial score (nSPS) is 36.4. The molecule has 3 unspecified atom stereocenters. The minimum atomic E-state index is 0.435. The molecule has 0 aromatic heterocycles.